The molecule has 2 nitrogen and oxygen atoms in total. The summed E-state index contributed by atoms with van der Waals surface area (Å²) in [6, 6.07) is 3.85. The van der Waals surface area contributed by atoms with Crippen LogP contribution in [-0.2, 0) is 0 Å². The smallest absolute Gasteiger partial charge is 0.131 e. The first-order valence-electron chi connectivity index (χ1n) is 6.84. The fourth-order valence-electron chi connectivity index (χ4n) is 2.37. The second-order valence-corrected chi connectivity index (χ2v) is 5.76. The predicted octanol–water partition coefficient (Wildman–Crippen LogP) is 3.12. The minimum atomic E-state index is -0.903. The molecule has 2 rings (SSSR count). The molecule has 19 heavy (non-hydrogen) atoms. The van der Waals surface area contributed by atoms with Crippen LogP contribution < -0.4 is 0 Å². The van der Waals surface area contributed by atoms with E-state index in [1.165, 1.54) is 12.1 Å². The quantitative estimate of drug-likeness (QED) is 0.857. The normalized spacial score (nSPS) is 17.2. The van der Waals surface area contributed by atoms with Gasteiger partial charge >= 0.3 is 0 Å². The van der Waals surface area contributed by atoms with E-state index < -0.39 is 17.7 Å². The maximum absolute atomic E-state index is 13.6. The first-order valence-corrected chi connectivity index (χ1v) is 6.84. The van der Waals surface area contributed by atoms with Crippen LogP contribution in [0.15, 0.2) is 18.2 Å². The lowest BCUT2D eigenvalue weighted by molar-refractivity contribution is 0.0985. The Morgan fingerprint density at radius 1 is 1.26 bits per heavy atom. The molecule has 0 aromatic heterocycles. The van der Waals surface area contributed by atoms with Crippen molar-refractivity contribution in [2.75, 3.05) is 13.1 Å². The summed E-state index contributed by atoms with van der Waals surface area (Å²) in [5.41, 5.74) is 0.177. The summed E-state index contributed by atoms with van der Waals surface area (Å²) in [4.78, 5) is 2.21. The van der Waals surface area contributed by atoms with Crippen LogP contribution in [0.1, 0.15) is 38.4 Å². The summed E-state index contributed by atoms with van der Waals surface area (Å²) in [6.07, 6.45) is 1.39. The molecule has 0 bridgehead atoms. The van der Waals surface area contributed by atoms with Crippen molar-refractivity contribution in [1.29, 1.82) is 0 Å². The third-order valence-corrected chi connectivity index (χ3v) is 3.39. The molecular weight excluding hydrogens is 248 g/mol. The number of hydrogen-bond donors (Lipinski definition) is 1. The van der Waals surface area contributed by atoms with Crippen LogP contribution >= 0.6 is 0 Å². The van der Waals surface area contributed by atoms with E-state index in [4.69, 9.17) is 0 Å². The third-order valence-electron chi connectivity index (χ3n) is 3.39. The van der Waals surface area contributed by atoms with E-state index in [1.807, 2.05) is 0 Å². The molecule has 0 spiro atoms. The highest BCUT2D eigenvalue weighted by atomic mass is 19.1. The van der Waals surface area contributed by atoms with Crippen molar-refractivity contribution in [2.24, 2.45) is 5.92 Å². The Bertz CT molecular complexity index is 432. The maximum atomic E-state index is 13.6. The first kappa shape index (κ1) is 14.4. The van der Waals surface area contributed by atoms with Crippen LogP contribution in [0.25, 0.3) is 0 Å². The number of aliphatic hydroxyl groups excluding tert-OH is 1. The first-order chi connectivity index (χ1) is 8.97. The van der Waals surface area contributed by atoms with Gasteiger partial charge in [0.05, 0.1) is 6.10 Å². The summed E-state index contributed by atoms with van der Waals surface area (Å²) in [5, 5.41) is 10.1. The second-order valence-electron chi connectivity index (χ2n) is 5.76. The third kappa shape index (κ3) is 3.98. The Labute approximate surface area is 113 Å². The average Bonchev–Trinajstić information content (AvgIpc) is 3.10. The van der Waals surface area contributed by atoms with Gasteiger partial charge in [0.1, 0.15) is 11.6 Å². The second kappa shape index (κ2) is 5.97. The van der Waals surface area contributed by atoms with E-state index in [0.29, 0.717) is 18.5 Å². The zero-order valence-corrected chi connectivity index (χ0v) is 11.4. The van der Waals surface area contributed by atoms with E-state index in [1.54, 1.807) is 0 Å². The molecule has 1 aliphatic rings. The molecule has 0 heterocycles. The van der Waals surface area contributed by atoms with E-state index in [2.05, 4.69) is 18.7 Å². The van der Waals surface area contributed by atoms with E-state index >= 15 is 0 Å². The minimum Gasteiger partial charge on any atom is -0.387 e. The molecule has 1 atom stereocenters. The molecule has 0 aliphatic heterocycles. The largest absolute Gasteiger partial charge is 0.387 e. The Kier molecular flexibility index (Phi) is 4.53. The van der Waals surface area contributed by atoms with Crippen molar-refractivity contribution in [1.82, 2.24) is 4.90 Å². The molecular formula is C15H21F2NO. The highest BCUT2D eigenvalue weighted by Crippen LogP contribution is 2.30. The van der Waals surface area contributed by atoms with Gasteiger partial charge in [0.2, 0.25) is 0 Å². The van der Waals surface area contributed by atoms with Crippen molar-refractivity contribution < 1.29 is 13.9 Å². The van der Waals surface area contributed by atoms with E-state index in [-0.39, 0.29) is 5.56 Å². The molecule has 1 aliphatic carbocycles. The molecule has 1 fully saturated rings. The standard InChI is InChI=1S/C15H21F2NO/c1-10(2)8-18(12-4-5-12)9-15(19)13-6-3-11(16)7-14(13)17/h3,6-7,10,12,15,19H,4-5,8-9H2,1-2H3. The zero-order chi connectivity index (χ0) is 14.0. The van der Waals surface area contributed by atoms with E-state index in [9.17, 15) is 13.9 Å². The molecule has 1 unspecified atom stereocenters. The maximum Gasteiger partial charge on any atom is 0.131 e. The SMILES string of the molecule is CC(C)CN(CC(O)c1ccc(F)cc1F)C1CC1. The molecule has 0 radical (unpaired) electrons. The van der Waals surface area contributed by atoms with Crippen molar-refractivity contribution in [3.63, 3.8) is 0 Å². The Balaban J connectivity index is 2.03. The summed E-state index contributed by atoms with van der Waals surface area (Å²) in [6.45, 7) is 5.55. The van der Waals surface area contributed by atoms with Gasteiger partial charge in [0, 0.05) is 30.8 Å². The molecule has 1 saturated carbocycles. The predicted molar refractivity (Wildman–Crippen MR) is 70.8 cm³/mol. The molecule has 4 heteroatoms. The Morgan fingerprint density at radius 2 is 1.95 bits per heavy atom. The van der Waals surface area contributed by atoms with Gasteiger partial charge in [-0.05, 0) is 24.8 Å². The van der Waals surface area contributed by atoms with Gasteiger partial charge in [-0.25, -0.2) is 8.78 Å². The molecule has 0 saturated heterocycles. The highest BCUT2D eigenvalue weighted by Gasteiger charge is 2.31. The summed E-state index contributed by atoms with van der Waals surface area (Å²) < 4.78 is 26.5. The number of nitrogens with zero attached hydrogens (tertiary/aromatic N) is 1. The van der Waals surface area contributed by atoms with Crippen molar-refractivity contribution in [3.8, 4) is 0 Å². The number of halogens is 2. The van der Waals surface area contributed by atoms with Gasteiger partial charge in [-0.15, -0.1) is 0 Å². The lowest BCUT2D eigenvalue weighted by atomic mass is 10.1. The number of rotatable bonds is 6. The number of hydrogen-bond acceptors (Lipinski definition) is 2. The van der Waals surface area contributed by atoms with Gasteiger partial charge in [0.15, 0.2) is 0 Å². The fraction of sp³-hybridized carbons (Fsp3) is 0.600. The Morgan fingerprint density at radius 3 is 2.47 bits per heavy atom. The molecule has 0 amide bonds. The lowest BCUT2D eigenvalue weighted by Gasteiger charge is -2.26. The molecule has 1 aromatic rings. The average molecular weight is 269 g/mol. The Hall–Kier alpha value is -1.00. The fourth-order valence-corrected chi connectivity index (χ4v) is 2.37. The summed E-state index contributed by atoms with van der Waals surface area (Å²) in [7, 11) is 0. The van der Waals surface area contributed by atoms with Gasteiger partial charge in [0.25, 0.3) is 0 Å². The highest BCUT2D eigenvalue weighted by molar-refractivity contribution is 5.21. The van der Waals surface area contributed by atoms with Gasteiger partial charge < -0.3 is 5.11 Å². The van der Waals surface area contributed by atoms with Crippen LogP contribution in [0.4, 0.5) is 8.78 Å². The zero-order valence-electron chi connectivity index (χ0n) is 11.4. The molecule has 106 valence electrons. The van der Waals surface area contributed by atoms with Crippen LogP contribution in [0.5, 0.6) is 0 Å². The molecule has 1 aromatic carbocycles. The number of aliphatic hydroxyl groups is 1. The van der Waals surface area contributed by atoms with Crippen LogP contribution in [0.3, 0.4) is 0 Å². The van der Waals surface area contributed by atoms with E-state index in [0.717, 1.165) is 25.5 Å². The van der Waals surface area contributed by atoms with Crippen LogP contribution in [-0.4, -0.2) is 29.1 Å². The van der Waals surface area contributed by atoms with Crippen molar-refractivity contribution in [3.05, 3.63) is 35.4 Å². The van der Waals surface area contributed by atoms with Crippen molar-refractivity contribution in [2.45, 2.75) is 38.8 Å². The summed E-state index contributed by atoms with van der Waals surface area (Å²) >= 11 is 0. The summed E-state index contributed by atoms with van der Waals surface area (Å²) in [5.74, 6) is -0.784. The molecule has 1 N–H and O–H groups in total. The van der Waals surface area contributed by atoms with Crippen molar-refractivity contribution >= 4 is 0 Å². The minimum absolute atomic E-state index is 0.177. The van der Waals surface area contributed by atoms with Gasteiger partial charge in [-0.1, -0.05) is 19.9 Å². The van der Waals surface area contributed by atoms with Crippen LogP contribution in [0.2, 0.25) is 0 Å². The monoisotopic (exact) mass is 269 g/mol. The van der Waals surface area contributed by atoms with Gasteiger partial charge in [-0.2, -0.15) is 0 Å². The lowest BCUT2D eigenvalue weighted by Crippen LogP contribution is -2.34. The van der Waals surface area contributed by atoms with Crippen LogP contribution in [0, 0.1) is 17.6 Å². The number of benzene rings is 1. The van der Waals surface area contributed by atoms with Gasteiger partial charge in [-0.3, -0.25) is 4.90 Å². The topological polar surface area (TPSA) is 23.5 Å².